The molecule has 182 valence electrons. The Labute approximate surface area is 205 Å². The molecule has 2 aromatic heterocycles. The van der Waals surface area contributed by atoms with Gasteiger partial charge in [0.2, 0.25) is 10.0 Å². The van der Waals surface area contributed by atoms with E-state index < -0.39 is 10.0 Å². The first-order chi connectivity index (χ1) is 16.8. The fourth-order valence-electron chi connectivity index (χ4n) is 4.29. The first-order valence-electron chi connectivity index (χ1n) is 11.7. The molecule has 1 aliphatic rings. The Bertz CT molecular complexity index is 1480. The third-order valence-electron chi connectivity index (χ3n) is 6.16. The van der Waals surface area contributed by atoms with Gasteiger partial charge >= 0.3 is 0 Å². The topological polar surface area (TPSA) is 125 Å². The molecule has 9 heteroatoms. The van der Waals surface area contributed by atoms with Crippen LogP contribution in [0.2, 0.25) is 0 Å². The molecule has 2 aromatic carbocycles. The van der Waals surface area contributed by atoms with E-state index in [9.17, 15) is 8.42 Å². The highest BCUT2D eigenvalue weighted by atomic mass is 32.2. The Morgan fingerprint density at radius 3 is 2.57 bits per heavy atom. The molecule has 0 aliphatic heterocycles. The number of benzene rings is 2. The Kier molecular flexibility index (Phi) is 6.02. The van der Waals surface area contributed by atoms with E-state index in [4.69, 9.17) is 16.2 Å². The van der Waals surface area contributed by atoms with Crippen LogP contribution in [0, 0.1) is 5.92 Å². The van der Waals surface area contributed by atoms with Crippen LogP contribution in [0.3, 0.4) is 0 Å². The van der Waals surface area contributed by atoms with Gasteiger partial charge in [0, 0.05) is 41.5 Å². The van der Waals surface area contributed by atoms with E-state index in [0.29, 0.717) is 40.9 Å². The van der Waals surface area contributed by atoms with Crippen LogP contribution in [0.5, 0.6) is 11.5 Å². The summed E-state index contributed by atoms with van der Waals surface area (Å²) in [6.07, 6.45) is 6.15. The van der Waals surface area contributed by atoms with Crippen molar-refractivity contribution in [3.05, 3.63) is 60.9 Å². The van der Waals surface area contributed by atoms with Gasteiger partial charge in [-0.3, -0.25) is 9.71 Å². The van der Waals surface area contributed by atoms with Crippen LogP contribution >= 0.6 is 0 Å². The number of hydrogen-bond acceptors (Lipinski definition) is 6. The summed E-state index contributed by atoms with van der Waals surface area (Å²) in [6, 6.07) is 15.0. The number of nitrogens with one attached hydrogen (secondary N) is 1. The summed E-state index contributed by atoms with van der Waals surface area (Å²) in [5.41, 5.74) is 17.2. The zero-order valence-electron chi connectivity index (χ0n) is 19.6. The molecular weight excluding hydrogens is 462 g/mol. The Morgan fingerprint density at radius 1 is 1.11 bits per heavy atom. The maximum Gasteiger partial charge on any atom is 0.232 e. The minimum absolute atomic E-state index is 0.0902. The molecule has 2 heterocycles. The number of ether oxygens (including phenoxy) is 1. The zero-order chi connectivity index (χ0) is 24.6. The number of rotatable bonds is 9. The van der Waals surface area contributed by atoms with Crippen molar-refractivity contribution in [2.75, 3.05) is 21.9 Å². The van der Waals surface area contributed by atoms with Gasteiger partial charge in [-0.2, -0.15) is 0 Å². The quantitative estimate of drug-likeness (QED) is 0.295. The van der Waals surface area contributed by atoms with Crippen LogP contribution in [-0.4, -0.2) is 23.7 Å². The van der Waals surface area contributed by atoms with Gasteiger partial charge < -0.3 is 20.8 Å². The average Bonchev–Trinajstić information content (AvgIpc) is 3.60. The van der Waals surface area contributed by atoms with Crippen molar-refractivity contribution in [1.29, 1.82) is 0 Å². The summed E-state index contributed by atoms with van der Waals surface area (Å²) in [6.45, 7) is 2.70. The fourth-order valence-corrected chi connectivity index (χ4v) is 5.42. The third-order valence-corrected chi connectivity index (χ3v) is 7.65. The monoisotopic (exact) mass is 491 g/mol. The summed E-state index contributed by atoms with van der Waals surface area (Å²) in [5, 5.41) is 0.948. The molecule has 0 saturated heterocycles. The number of nitrogen functional groups attached to an aromatic ring is 2. The predicted molar refractivity (Wildman–Crippen MR) is 141 cm³/mol. The predicted octanol–water partition coefficient (Wildman–Crippen LogP) is 5.22. The highest BCUT2D eigenvalue weighted by molar-refractivity contribution is 7.92. The van der Waals surface area contributed by atoms with Crippen molar-refractivity contribution in [2.45, 2.75) is 32.7 Å². The molecule has 0 amide bonds. The van der Waals surface area contributed by atoms with E-state index in [-0.39, 0.29) is 5.75 Å². The molecule has 4 aromatic rings. The van der Waals surface area contributed by atoms with E-state index in [1.54, 1.807) is 30.6 Å². The van der Waals surface area contributed by atoms with Crippen molar-refractivity contribution in [2.24, 2.45) is 5.92 Å². The van der Waals surface area contributed by atoms with E-state index in [2.05, 4.69) is 14.3 Å². The van der Waals surface area contributed by atoms with Crippen molar-refractivity contribution in [3.63, 3.8) is 0 Å². The number of pyridine rings is 1. The summed E-state index contributed by atoms with van der Waals surface area (Å²) in [4.78, 5) is 4.01. The van der Waals surface area contributed by atoms with Gasteiger partial charge in [-0.1, -0.05) is 19.1 Å². The van der Waals surface area contributed by atoms with E-state index in [0.717, 1.165) is 28.7 Å². The number of fused-ring (bicyclic) bond motifs is 1. The SMILES string of the molecule is CCCS(=O)(=O)Nc1ccc(-c2c(N)c3ccc(Oc4ccncc4N)cc3n2CC2CC2)cc1. The average molecular weight is 492 g/mol. The lowest BCUT2D eigenvalue weighted by Gasteiger charge is -2.13. The molecular formula is C26H29N5O3S. The Balaban J connectivity index is 1.53. The first kappa shape index (κ1) is 23.0. The van der Waals surface area contributed by atoms with E-state index in [1.165, 1.54) is 12.8 Å². The molecule has 0 unspecified atom stereocenters. The highest BCUT2D eigenvalue weighted by Crippen LogP contribution is 2.42. The molecule has 0 radical (unpaired) electrons. The first-order valence-corrected chi connectivity index (χ1v) is 13.4. The van der Waals surface area contributed by atoms with Gasteiger partial charge in [-0.05, 0) is 49.4 Å². The lowest BCUT2D eigenvalue weighted by molar-refractivity contribution is 0.484. The van der Waals surface area contributed by atoms with Gasteiger partial charge in [0.1, 0.15) is 5.75 Å². The molecule has 1 saturated carbocycles. The summed E-state index contributed by atoms with van der Waals surface area (Å²) < 4.78 is 35.2. The second-order valence-electron chi connectivity index (χ2n) is 9.01. The van der Waals surface area contributed by atoms with E-state index >= 15 is 0 Å². The molecule has 0 atom stereocenters. The lowest BCUT2D eigenvalue weighted by atomic mass is 10.1. The number of anilines is 3. The maximum atomic E-state index is 12.1. The number of hydrogen-bond donors (Lipinski definition) is 3. The smallest absolute Gasteiger partial charge is 0.232 e. The molecule has 0 bridgehead atoms. The van der Waals surface area contributed by atoms with Crippen LogP contribution in [0.15, 0.2) is 60.9 Å². The van der Waals surface area contributed by atoms with Crippen LogP contribution in [0.1, 0.15) is 26.2 Å². The van der Waals surface area contributed by atoms with Crippen LogP contribution in [0.25, 0.3) is 22.2 Å². The molecule has 1 aliphatic carbocycles. The van der Waals surface area contributed by atoms with Crippen molar-refractivity contribution >= 4 is 38.0 Å². The molecule has 5 rings (SSSR count). The molecule has 1 fully saturated rings. The summed E-state index contributed by atoms with van der Waals surface area (Å²) in [5.74, 6) is 1.92. The molecule has 35 heavy (non-hydrogen) atoms. The summed E-state index contributed by atoms with van der Waals surface area (Å²) in [7, 11) is -3.35. The standard InChI is InChI=1S/C26H29N5O3S/c1-2-13-35(32,33)30-19-7-5-18(6-8-19)26-25(28)21-10-9-20(34-24-11-12-29-15-22(24)27)14-23(21)31(26)16-17-3-4-17/h5-12,14-15,17,30H,2-4,13,16,27-28H2,1H3. The lowest BCUT2D eigenvalue weighted by Crippen LogP contribution is -2.15. The largest absolute Gasteiger partial charge is 0.455 e. The van der Waals surface area contributed by atoms with Crippen LogP contribution < -0.4 is 20.9 Å². The van der Waals surface area contributed by atoms with Gasteiger partial charge in [0.05, 0.1) is 34.5 Å². The number of aromatic nitrogens is 2. The number of nitrogens with two attached hydrogens (primary N) is 2. The summed E-state index contributed by atoms with van der Waals surface area (Å²) >= 11 is 0. The van der Waals surface area contributed by atoms with Crippen LogP contribution in [0.4, 0.5) is 17.1 Å². The van der Waals surface area contributed by atoms with Crippen molar-refractivity contribution in [3.8, 4) is 22.8 Å². The Hall–Kier alpha value is -3.72. The highest BCUT2D eigenvalue weighted by Gasteiger charge is 2.26. The number of sulfonamides is 1. The second-order valence-corrected chi connectivity index (χ2v) is 10.9. The zero-order valence-corrected chi connectivity index (χ0v) is 20.4. The Morgan fingerprint density at radius 2 is 1.89 bits per heavy atom. The molecule has 5 N–H and O–H groups in total. The van der Waals surface area contributed by atoms with E-state index in [1.807, 2.05) is 37.3 Å². The molecule has 8 nitrogen and oxygen atoms in total. The van der Waals surface area contributed by atoms with Crippen LogP contribution in [-0.2, 0) is 16.6 Å². The minimum Gasteiger partial charge on any atom is -0.455 e. The number of nitrogens with zero attached hydrogens (tertiary/aromatic N) is 2. The van der Waals surface area contributed by atoms with Gasteiger partial charge in [-0.15, -0.1) is 0 Å². The fraction of sp³-hybridized carbons (Fsp3) is 0.269. The van der Waals surface area contributed by atoms with Gasteiger partial charge in [0.25, 0.3) is 0 Å². The van der Waals surface area contributed by atoms with Crippen molar-refractivity contribution in [1.82, 2.24) is 9.55 Å². The normalized spacial score (nSPS) is 13.7. The second kappa shape index (κ2) is 9.14. The van der Waals surface area contributed by atoms with Gasteiger partial charge in [-0.25, -0.2) is 8.42 Å². The third kappa shape index (κ3) is 4.90. The van der Waals surface area contributed by atoms with Gasteiger partial charge in [0.15, 0.2) is 5.75 Å². The maximum absolute atomic E-state index is 12.1. The minimum atomic E-state index is -3.35. The molecule has 0 spiro atoms. The van der Waals surface area contributed by atoms with Crippen molar-refractivity contribution < 1.29 is 13.2 Å².